The van der Waals surface area contributed by atoms with Crippen molar-refractivity contribution in [1.29, 1.82) is 0 Å². The molecule has 0 saturated heterocycles. The minimum absolute atomic E-state index is 0.00995. The van der Waals surface area contributed by atoms with Crippen LogP contribution in [0.3, 0.4) is 0 Å². The Labute approximate surface area is 113 Å². The van der Waals surface area contributed by atoms with Crippen molar-refractivity contribution < 1.29 is 5.11 Å². The van der Waals surface area contributed by atoms with E-state index in [4.69, 9.17) is 0 Å². The summed E-state index contributed by atoms with van der Waals surface area (Å²) < 4.78 is 1.84. The summed E-state index contributed by atoms with van der Waals surface area (Å²) >= 11 is 0. The molecule has 2 aromatic heterocycles. The summed E-state index contributed by atoms with van der Waals surface area (Å²) in [5.74, 6) is 0. The molecule has 104 valence electrons. The lowest BCUT2D eigenvalue weighted by Crippen LogP contribution is -2.22. The number of unbranched alkanes of at least 4 members (excludes halogenated alkanes) is 3. The topological polar surface area (TPSA) is 63.8 Å². The quantitative estimate of drug-likeness (QED) is 0.779. The molecular weight excluding hydrogens is 240 g/mol. The molecule has 5 heteroatoms. The molecule has 5 nitrogen and oxygen atoms in total. The molecule has 0 aliphatic rings. The van der Waals surface area contributed by atoms with Crippen molar-refractivity contribution in [2.75, 3.05) is 0 Å². The van der Waals surface area contributed by atoms with Crippen molar-refractivity contribution in [1.82, 2.24) is 20.0 Å². The Morgan fingerprint density at radius 2 is 2.16 bits per heavy atom. The first-order chi connectivity index (χ1) is 9.24. The Balaban J connectivity index is 2.14. The van der Waals surface area contributed by atoms with E-state index in [-0.39, 0.29) is 6.04 Å². The van der Waals surface area contributed by atoms with Crippen LogP contribution in [0.25, 0.3) is 11.0 Å². The Kier molecular flexibility index (Phi) is 4.85. The van der Waals surface area contributed by atoms with Crippen LogP contribution in [0, 0.1) is 0 Å². The predicted molar refractivity (Wildman–Crippen MR) is 74.8 cm³/mol. The predicted octanol–water partition coefficient (Wildman–Crippen LogP) is 2.72. The Hall–Kier alpha value is -1.49. The molecule has 0 aliphatic carbocycles. The molecule has 0 fully saturated rings. The molecule has 0 radical (unpaired) electrons. The molecular formula is C14H22N4O. The van der Waals surface area contributed by atoms with Crippen molar-refractivity contribution >= 4 is 11.0 Å². The average molecular weight is 262 g/mol. The summed E-state index contributed by atoms with van der Waals surface area (Å²) in [6.45, 7) is 4.02. The van der Waals surface area contributed by atoms with Crippen LogP contribution >= 0.6 is 0 Å². The van der Waals surface area contributed by atoms with Gasteiger partial charge in [-0.2, -0.15) is 0 Å². The van der Waals surface area contributed by atoms with Gasteiger partial charge in [0.05, 0.1) is 23.9 Å². The third-order valence-corrected chi connectivity index (χ3v) is 3.50. The summed E-state index contributed by atoms with van der Waals surface area (Å²) in [5, 5.41) is 18.3. The maximum atomic E-state index is 10.00. The van der Waals surface area contributed by atoms with Crippen molar-refractivity contribution in [2.24, 2.45) is 0 Å². The van der Waals surface area contributed by atoms with Crippen molar-refractivity contribution in [3.05, 3.63) is 18.5 Å². The second-order valence-corrected chi connectivity index (χ2v) is 5.06. The fourth-order valence-electron chi connectivity index (χ4n) is 2.39. The van der Waals surface area contributed by atoms with Crippen LogP contribution in [0.5, 0.6) is 0 Å². The van der Waals surface area contributed by atoms with Gasteiger partial charge >= 0.3 is 0 Å². The number of rotatable bonds is 7. The number of aliphatic hydroxyl groups excluding tert-OH is 1. The zero-order chi connectivity index (χ0) is 13.7. The molecule has 2 rings (SSSR count). The monoisotopic (exact) mass is 262 g/mol. The summed E-state index contributed by atoms with van der Waals surface area (Å²) in [4.78, 5) is 4.04. The highest BCUT2D eigenvalue weighted by Gasteiger charge is 2.20. The van der Waals surface area contributed by atoms with Crippen LogP contribution in [0.2, 0.25) is 0 Å². The van der Waals surface area contributed by atoms with Gasteiger partial charge in [-0.25, -0.2) is 4.68 Å². The summed E-state index contributed by atoms with van der Waals surface area (Å²) in [7, 11) is 0. The number of hydrogen-bond acceptors (Lipinski definition) is 4. The maximum absolute atomic E-state index is 10.00. The number of aromatic nitrogens is 4. The highest BCUT2D eigenvalue weighted by molar-refractivity contribution is 5.72. The number of hydrogen-bond donors (Lipinski definition) is 1. The molecule has 19 heavy (non-hydrogen) atoms. The molecule has 0 bridgehead atoms. The van der Waals surface area contributed by atoms with E-state index in [9.17, 15) is 5.11 Å². The number of nitrogens with zero attached hydrogens (tertiary/aromatic N) is 4. The van der Waals surface area contributed by atoms with Crippen LogP contribution in [0.15, 0.2) is 18.5 Å². The van der Waals surface area contributed by atoms with Gasteiger partial charge in [-0.05, 0) is 19.4 Å². The van der Waals surface area contributed by atoms with Gasteiger partial charge in [-0.15, -0.1) is 5.10 Å². The Morgan fingerprint density at radius 3 is 2.89 bits per heavy atom. The van der Waals surface area contributed by atoms with E-state index in [0.29, 0.717) is 0 Å². The maximum Gasteiger partial charge on any atom is 0.131 e. The third-order valence-electron chi connectivity index (χ3n) is 3.50. The minimum Gasteiger partial charge on any atom is -0.391 e. The molecule has 2 atom stereocenters. The van der Waals surface area contributed by atoms with Gasteiger partial charge in [0.2, 0.25) is 0 Å². The third kappa shape index (κ3) is 3.29. The van der Waals surface area contributed by atoms with E-state index in [1.165, 1.54) is 19.3 Å². The molecule has 0 saturated carbocycles. The van der Waals surface area contributed by atoms with E-state index in [0.717, 1.165) is 23.9 Å². The van der Waals surface area contributed by atoms with Gasteiger partial charge in [-0.3, -0.25) is 4.98 Å². The summed E-state index contributed by atoms with van der Waals surface area (Å²) in [5.41, 5.74) is 1.72. The van der Waals surface area contributed by atoms with Gasteiger partial charge in [0.15, 0.2) is 0 Å². The Morgan fingerprint density at radius 1 is 1.32 bits per heavy atom. The zero-order valence-corrected chi connectivity index (χ0v) is 11.7. The van der Waals surface area contributed by atoms with E-state index < -0.39 is 6.10 Å². The molecule has 2 heterocycles. The zero-order valence-electron chi connectivity index (χ0n) is 11.7. The Bertz CT molecular complexity index is 509. The standard InChI is InChI=1S/C14H22N4O/c1-3-4-5-6-7-13(11(2)19)18-14-8-9-15-10-12(14)16-17-18/h8-11,13,19H,3-7H2,1-2H3. The molecule has 0 amide bonds. The smallest absolute Gasteiger partial charge is 0.131 e. The second kappa shape index (κ2) is 6.61. The first kappa shape index (κ1) is 13.9. The van der Waals surface area contributed by atoms with Gasteiger partial charge in [0.1, 0.15) is 5.52 Å². The lowest BCUT2D eigenvalue weighted by Gasteiger charge is -2.20. The van der Waals surface area contributed by atoms with Gasteiger partial charge in [0.25, 0.3) is 0 Å². The number of fused-ring (bicyclic) bond motifs is 1. The van der Waals surface area contributed by atoms with Gasteiger partial charge in [0, 0.05) is 6.20 Å². The normalized spacial score (nSPS) is 14.7. The molecule has 0 spiro atoms. The highest BCUT2D eigenvalue weighted by Crippen LogP contribution is 2.23. The van der Waals surface area contributed by atoms with Crippen molar-refractivity contribution in [3.63, 3.8) is 0 Å². The first-order valence-electron chi connectivity index (χ1n) is 7.07. The van der Waals surface area contributed by atoms with Gasteiger partial charge < -0.3 is 5.11 Å². The van der Waals surface area contributed by atoms with Crippen LogP contribution in [-0.2, 0) is 0 Å². The lowest BCUT2D eigenvalue weighted by molar-refractivity contribution is 0.117. The van der Waals surface area contributed by atoms with E-state index >= 15 is 0 Å². The molecule has 2 unspecified atom stereocenters. The van der Waals surface area contributed by atoms with E-state index in [1.54, 1.807) is 12.4 Å². The molecule has 1 N–H and O–H groups in total. The van der Waals surface area contributed by atoms with E-state index in [1.807, 2.05) is 17.7 Å². The molecule has 2 aromatic rings. The lowest BCUT2D eigenvalue weighted by atomic mass is 10.0. The van der Waals surface area contributed by atoms with Crippen molar-refractivity contribution in [2.45, 2.75) is 58.1 Å². The van der Waals surface area contributed by atoms with Crippen LogP contribution < -0.4 is 0 Å². The minimum atomic E-state index is -0.431. The SMILES string of the molecule is CCCCCCC(C(C)O)n1nnc2cnccc21. The number of aliphatic hydroxyl groups is 1. The largest absolute Gasteiger partial charge is 0.391 e. The van der Waals surface area contributed by atoms with Gasteiger partial charge in [-0.1, -0.05) is 37.8 Å². The fraction of sp³-hybridized carbons (Fsp3) is 0.643. The molecule has 0 aromatic carbocycles. The average Bonchev–Trinajstić information content (AvgIpc) is 2.82. The highest BCUT2D eigenvalue weighted by atomic mass is 16.3. The van der Waals surface area contributed by atoms with Crippen LogP contribution in [0.1, 0.15) is 52.0 Å². The number of pyridine rings is 1. The van der Waals surface area contributed by atoms with E-state index in [2.05, 4.69) is 22.2 Å². The summed E-state index contributed by atoms with van der Waals surface area (Å²) in [6, 6.07) is 1.89. The summed E-state index contributed by atoms with van der Waals surface area (Å²) in [6.07, 6.45) is 8.71. The first-order valence-corrected chi connectivity index (χ1v) is 7.07. The van der Waals surface area contributed by atoms with Crippen LogP contribution in [-0.4, -0.2) is 31.2 Å². The van der Waals surface area contributed by atoms with Crippen LogP contribution in [0.4, 0.5) is 0 Å². The fourth-order valence-corrected chi connectivity index (χ4v) is 2.39. The molecule has 0 aliphatic heterocycles. The second-order valence-electron chi connectivity index (χ2n) is 5.06. The van der Waals surface area contributed by atoms with Crippen molar-refractivity contribution in [3.8, 4) is 0 Å².